The Balaban J connectivity index is 1.39. The topological polar surface area (TPSA) is 6.48 Å². The van der Waals surface area contributed by atoms with Crippen molar-refractivity contribution in [3.63, 3.8) is 0 Å². The van der Waals surface area contributed by atoms with E-state index in [1.54, 1.807) is 0 Å². The van der Waals surface area contributed by atoms with Crippen LogP contribution in [-0.4, -0.2) is 6.71 Å². The van der Waals surface area contributed by atoms with E-state index in [1.807, 2.05) is 0 Å². The summed E-state index contributed by atoms with van der Waals surface area (Å²) in [6.07, 6.45) is 0. The fraction of sp³-hybridized carbons (Fsp3) is 0.208. The average Bonchev–Trinajstić information content (AvgIpc) is 3.52. The van der Waals surface area contributed by atoms with Crippen LogP contribution in [0.5, 0.6) is 0 Å². The molecule has 0 saturated heterocycles. The smallest absolute Gasteiger partial charge is 0.248 e. The SMILES string of the molecule is CC1(C)C2=C(C3=C1c1ccccc1C3(C)C)N(c1ccccc1)c1cc(C(C)(C)C)cc3c1B2c1cc2ccccc2cc1N3c1ccccc1. The molecule has 6 aromatic rings. The summed E-state index contributed by atoms with van der Waals surface area (Å²) in [5.74, 6) is 0. The highest BCUT2D eigenvalue weighted by atomic mass is 15.2. The maximum absolute atomic E-state index is 2.66. The Hall–Kier alpha value is -5.28. The van der Waals surface area contributed by atoms with Crippen molar-refractivity contribution in [3.8, 4) is 0 Å². The number of fused-ring (bicyclic) bond motifs is 7. The number of para-hydroxylation sites is 2. The van der Waals surface area contributed by atoms with Gasteiger partial charge in [-0.2, -0.15) is 0 Å². The summed E-state index contributed by atoms with van der Waals surface area (Å²) in [6, 6.07) is 50.3. The molecule has 2 aliphatic carbocycles. The summed E-state index contributed by atoms with van der Waals surface area (Å²) in [7, 11) is 0. The van der Waals surface area contributed by atoms with Crippen molar-refractivity contribution in [1.29, 1.82) is 0 Å². The normalized spacial score (nSPS) is 17.7. The number of anilines is 5. The number of rotatable bonds is 2. The minimum absolute atomic E-state index is 0.0632. The molecular weight excluding hydrogens is 615 g/mol. The van der Waals surface area contributed by atoms with Gasteiger partial charge in [0.2, 0.25) is 6.71 Å². The van der Waals surface area contributed by atoms with Crippen LogP contribution in [0.1, 0.15) is 65.2 Å². The van der Waals surface area contributed by atoms with E-state index in [1.165, 1.54) is 89.1 Å². The molecule has 2 aliphatic heterocycles. The molecule has 248 valence electrons. The number of allylic oxidation sites excluding steroid dienone is 3. The van der Waals surface area contributed by atoms with Gasteiger partial charge in [-0.15, -0.1) is 0 Å². The van der Waals surface area contributed by atoms with Gasteiger partial charge in [-0.05, 0) is 97.4 Å². The third-order valence-corrected chi connectivity index (χ3v) is 12.3. The fourth-order valence-electron chi connectivity index (χ4n) is 9.99. The molecule has 10 rings (SSSR count). The van der Waals surface area contributed by atoms with Gasteiger partial charge >= 0.3 is 0 Å². The van der Waals surface area contributed by atoms with Gasteiger partial charge in [0.05, 0.1) is 0 Å². The van der Waals surface area contributed by atoms with E-state index < -0.39 is 0 Å². The monoisotopic (exact) mass is 658 g/mol. The molecule has 0 bridgehead atoms. The van der Waals surface area contributed by atoms with E-state index in [2.05, 4.69) is 192 Å². The maximum atomic E-state index is 2.66. The first-order valence-electron chi connectivity index (χ1n) is 18.5. The van der Waals surface area contributed by atoms with Crippen LogP contribution in [0.25, 0.3) is 16.3 Å². The van der Waals surface area contributed by atoms with Crippen LogP contribution in [0.3, 0.4) is 0 Å². The largest absolute Gasteiger partial charge is 0.311 e. The van der Waals surface area contributed by atoms with Gasteiger partial charge in [-0.1, -0.05) is 145 Å². The molecule has 4 aliphatic rings. The molecule has 2 nitrogen and oxygen atoms in total. The van der Waals surface area contributed by atoms with Gasteiger partial charge in [0, 0.05) is 45.0 Å². The lowest BCUT2D eigenvalue weighted by Crippen LogP contribution is -2.58. The number of hydrogen-bond donors (Lipinski definition) is 0. The molecule has 0 radical (unpaired) electrons. The third-order valence-electron chi connectivity index (χ3n) is 12.3. The Morgan fingerprint density at radius 3 is 1.73 bits per heavy atom. The van der Waals surface area contributed by atoms with Crippen LogP contribution in [0.15, 0.2) is 150 Å². The quantitative estimate of drug-likeness (QED) is 0.171. The molecular formula is C48H43BN2. The minimum Gasteiger partial charge on any atom is -0.311 e. The highest BCUT2D eigenvalue weighted by Crippen LogP contribution is 2.65. The molecule has 0 aromatic heterocycles. The molecule has 0 spiro atoms. The summed E-state index contributed by atoms with van der Waals surface area (Å²) in [4.78, 5) is 5.22. The number of hydrogen-bond acceptors (Lipinski definition) is 2. The van der Waals surface area contributed by atoms with Crippen molar-refractivity contribution in [2.45, 2.75) is 59.3 Å². The second-order valence-electron chi connectivity index (χ2n) is 17.0. The van der Waals surface area contributed by atoms with E-state index in [0.717, 1.165) is 0 Å². The first-order valence-corrected chi connectivity index (χ1v) is 18.5. The summed E-state index contributed by atoms with van der Waals surface area (Å²) >= 11 is 0. The molecule has 0 saturated carbocycles. The molecule has 0 N–H and O–H groups in total. The van der Waals surface area contributed by atoms with Crippen LogP contribution in [0, 0.1) is 5.41 Å². The van der Waals surface area contributed by atoms with Crippen LogP contribution in [-0.2, 0) is 10.8 Å². The van der Waals surface area contributed by atoms with E-state index in [9.17, 15) is 0 Å². The van der Waals surface area contributed by atoms with E-state index in [0.29, 0.717) is 0 Å². The van der Waals surface area contributed by atoms with Crippen LogP contribution < -0.4 is 20.7 Å². The Bertz CT molecular complexity index is 2510. The van der Waals surface area contributed by atoms with Crippen LogP contribution in [0.4, 0.5) is 28.4 Å². The van der Waals surface area contributed by atoms with Crippen molar-refractivity contribution in [1.82, 2.24) is 0 Å². The second-order valence-corrected chi connectivity index (χ2v) is 17.0. The number of nitrogens with zero attached hydrogens (tertiary/aromatic N) is 2. The van der Waals surface area contributed by atoms with Crippen molar-refractivity contribution in [2.24, 2.45) is 5.41 Å². The predicted molar refractivity (Wildman–Crippen MR) is 218 cm³/mol. The maximum Gasteiger partial charge on any atom is 0.248 e. The standard InChI is InChI=1S/C48H43BN2/c1-46(2,3)32-28-39-43-40(29-32)51(34-22-12-9-13-23-34)44-42-41(35-24-16-17-25-36(35)47(42,4)5)48(6,7)45(44)49(43)37-26-30-18-14-15-19-31(30)27-38(37)50(39)33-20-10-8-11-21-33/h8-29H,1-7H3. The first-order chi connectivity index (χ1) is 24.5. The van der Waals surface area contributed by atoms with E-state index >= 15 is 0 Å². The van der Waals surface area contributed by atoms with Crippen molar-refractivity contribution >= 4 is 62.4 Å². The van der Waals surface area contributed by atoms with Gasteiger partial charge in [0.15, 0.2) is 0 Å². The van der Waals surface area contributed by atoms with Gasteiger partial charge in [-0.3, -0.25) is 0 Å². The minimum atomic E-state index is -0.221. The number of benzene rings is 6. The van der Waals surface area contributed by atoms with Gasteiger partial charge < -0.3 is 9.80 Å². The van der Waals surface area contributed by atoms with Crippen molar-refractivity contribution < 1.29 is 0 Å². The van der Waals surface area contributed by atoms with Gasteiger partial charge in [-0.25, -0.2) is 0 Å². The summed E-state index contributed by atoms with van der Waals surface area (Å²) in [5, 5.41) is 2.56. The van der Waals surface area contributed by atoms with Crippen molar-refractivity contribution in [2.75, 3.05) is 9.80 Å². The molecule has 0 fully saturated rings. The molecule has 3 heteroatoms. The molecule has 2 heterocycles. The second kappa shape index (κ2) is 10.2. The lowest BCUT2D eigenvalue weighted by Gasteiger charge is -2.48. The third kappa shape index (κ3) is 4.01. The zero-order valence-corrected chi connectivity index (χ0v) is 30.7. The Morgan fingerprint density at radius 1 is 0.529 bits per heavy atom. The zero-order valence-electron chi connectivity index (χ0n) is 30.7. The summed E-state index contributed by atoms with van der Waals surface area (Å²) < 4.78 is 0. The molecule has 0 atom stereocenters. The van der Waals surface area contributed by atoms with Crippen LogP contribution >= 0.6 is 0 Å². The van der Waals surface area contributed by atoms with E-state index in [4.69, 9.17) is 0 Å². The first kappa shape index (κ1) is 30.5. The lowest BCUT2D eigenvalue weighted by molar-refractivity contribution is 0.590. The van der Waals surface area contributed by atoms with Gasteiger partial charge in [0.1, 0.15) is 0 Å². The highest BCUT2D eigenvalue weighted by Gasteiger charge is 2.58. The predicted octanol–water partition coefficient (Wildman–Crippen LogP) is 11.3. The molecule has 6 aromatic carbocycles. The molecule has 51 heavy (non-hydrogen) atoms. The van der Waals surface area contributed by atoms with E-state index in [-0.39, 0.29) is 23.0 Å². The Morgan fingerprint density at radius 2 is 1.08 bits per heavy atom. The fourth-order valence-corrected chi connectivity index (χ4v) is 9.99. The van der Waals surface area contributed by atoms with Gasteiger partial charge in [0.25, 0.3) is 0 Å². The van der Waals surface area contributed by atoms with Crippen molar-refractivity contribution in [3.05, 3.63) is 167 Å². The Kier molecular flexibility index (Phi) is 6.09. The average molecular weight is 659 g/mol. The zero-order chi connectivity index (χ0) is 35.0. The summed E-state index contributed by atoms with van der Waals surface area (Å²) in [6.45, 7) is 17.1. The summed E-state index contributed by atoms with van der Waals surface area (Å²) in [5.41, 5.74) is 18.7. The highest BCUT2D eigenvalue weighted by molar-refractivity contribution is 6.95. The molecule has 0 amide bonds. The molecule has 0 unspecified atom stereocenters. The Labute approximate surface area is 302 Å². The lowest BCUT2D eigenvalue weighted by atomic mass is 9.29. The van der Waals surface area contributed by atoms with Crippen LogP contribution in [0.2, 0.25) is 0 Å².